The molecule has 2 heterocycles. The van der Waals surface area contributed by atoms with Crippen LogP contribution in [0.25, 0.3) is 0 Å². The number of amides is 1. The van der Waals surface area contributed by atoms with Gasteiger partial charge >= 0.3 is 5.97 Å². The van der Waals surface area contributed by atoms with E-state index in [4.69, 9.17) is 0 Å². The second-order valence-electron chi connectivity index (χ2n) is 7.02. The highest BCUT2D eigenvalue weighted by Gasteiger charge is 2.42. The minimum Gasteiger partial charge on any atom is -0.479 e. The van der Waals surface area contributed by atoms with E-state index in [0.717, 1.165) is 18.5 Å². The van der Waals surface area contributed by atoms with Crippen molar-refractivity contribution in [1.82, 2.24) is 14.7 Å². The van der Waals surface area contributed by atoms with Crippen LogP contribution in [0.4, 0.5) is 0 Å². The van der Waals surface area contributed by atoms with Crippen LogP contribution in [0.15, 0.2) is 18.3 Å². The molecule has 2 bridgehead atoms. The minimum atomic E-state index is -0.977. The molecule has 5 rings (SSSR count). The zero-order chi connectivity index (χ0) is 16.1. The van der Waals surface area contributed by atoms with Crippen LogP contribution in [0.2, 0.25) is 0 Å². The number of carboxylic acid groups (broad SMARTS) is 1. The van der Waals surface area contributed by atoms with Gasteiger partial charge in [-0.1, -0.05) is 12.2 Å². The number of hydrogen-bond acceptors (Lipinski definition) is 3. The molecular formula is C17H21N3O3. The SMILES string of the molecule is Cn1ncc2c1CN(C(=O)C[C@@H]1C[C@@H]3C=C[C@H]1CC3)C2C(=O)O. The molecule has 1 aromatic rings. The first kappa shape index (κ1) is 14.5. The van der Waals surface area contributed by atoms with E-state index in [9.17, 15) is 14.7 Å². The first-order valence-corrected chi connectivity index (χ1v) is 8.26. The molecule has 0 saturated heterocycles. The Bertz CT molecular complexity index is 693. The fourth-order valence-electron chi connectivity index (χ4n) is 4.45. The van der Waals surface area contributed by atoms with E-state index in [0.29, 0.717) is 36.3 Å². The highest BCUT2D eigenvalue weighted by Crippen LogP contribution is 2.43. The Balaban J connectivity index is 1.52. The summed E-state index contributed by atoms with van der Waals surface area (Å²) in [6, 6.07) is -0.887. The van der Waals surface area contributed by atoms with Gasteiger partial charge in [0.05, 0.1) is 18.4 Å². The van der Waals surface area contributed by atoms with Crippen molar-refractivity contribution in [3.63, 3.8) is 0 Å². The summed E-state index contributed by atoms with van der Waals surface area (Å²) in [5, 5.41) is 13.7. The minimum absolute atomic E-state index is 0.0421. The Morgan fingerprint density at radius 1 is 1.35 bits per heavy atom. The smallest absolute Gasteiger partial charge is 0.331 e. The third kappa shape index (κ3) is 2.28. The van der Waals surface area contributed by atoms with E-state index < -0.39 is 12.0 Å². The summed E-state index contributed by atoms with van der Waals surface area (Å²) in [5.41, 5.74) is 1.48. The first-order chi connectivity index (χ1) is 11.0. The summed E-state index contributed by atoms with van der Waals surface area (Å²) in [6.07, 6.45) is 10.0. The number of carboxylic acids is 1. The lowest BCUT2D eigenvalue weighted by Crippen LogP contribution is -2.37. The van der Waals surface area contributed by atoms with E-state index in [1.165, 1.54) is 11.3 Å². The molecule has 4 atom stereocenters. The van der Waals surface area contributed by atoms with Crippen molar-refractivity contribution in [1.29, 1.82) is 0 Å². The molecule has 23 heavy (non-hydrogen) atoms. The zero-order valence-electron chi connectivity index (χ0n) is 13.2. The average Bonchev–Trinajstić information content (AvgIpc) is 3.08. The van der Waals surface area contributed by atoms with Crippen LogP contribution < -0.4 is 0 Å². The lowest BCUT2D eigenvalue weighted by atomic mass is 9.68. The van der Waals surface area contributed by atoms with Crippen LogP contribution in [0.5, 0.6) is 0 Å². The summed E-state index contributed by atoms with van der Waals surface area (Å²) in [5.74, 6) is 0.434. The standard InChI is InChI=1S/C17H21N3O3/c1-19-14-9-20(16(17(22)23)13(14)8-18-19)15(21)7-12-6-10-2-4-11(12)5-3-10/h2,4,8,10-12,16H,3,5-7,9H2,1H3,(H,22,23)/t10-,11+,12+,16?/m1/s1. The molecule has 1 saturated carbocycles. The van der Waals surface area contributed by atoms with Crippen molar-refractivity contribution in [2.24, 2.45) is 24.8 Å². The monoisotopic (exact) mass is 315 g/mol. The summed E-state index contributed by atoms with van der Waals surface area (Å²) in [7, 11) is 1.79. The van der Waals surface area contributed by atoms with E-state index >= 15 is 0 Å². The van der Waals surface area contributed by atoms with Crippen LogP contribution in [0, 0.1) is 17.8 Å². The highest BCUT2D eigenvalue weighted by atomic mass is 16.4. The third-order valence-electron chi connectivity index (χ3n) is 5.72. The van der Waals surface area contributed by atoms with Gasteiger partial charge in [0.1, 0.15) is 0 Å². The molecule has 0 radical (unpaired) electrons. The van der Waals surface area contributed by atoms with Crippen LogP contribution in [-0.2, 0) is 23.2 Å². The molecule has 6 heteroatoms. The Morgan fingerprint density at radius 3 is 2.78 bits per heavy atom. The van der Waals surface area contributed by atoms with Gasteiger partial charge < -0.3 is 10.0 Å². The number of hydrogen-bond donors (Lipinski definition) is 1. The predicted octanol–water partition coefficient (Wildman–Crippen LogP) is 1.88. The molecule has 1 aliphatic heterocycles. The van der Waals surface area contributed by atoms with Crippen LogP contribution >= 0.6 is 0 Å². The number of carbonyl (C=O) groups excluding carboxylic acids is 1. The van der Waals surface area contributed by atoms with E-state index in [2.05, 4.69) is 17.3 Å². The Labute approximate surface area is 134 Å². The number of nitrogens with zero attached hydrogens (tertiary/aromatic N) is 3. The fourth-order valence-corrected chi connectivity index (χ4v) is 4.45. The van der Waals surface area contributed by atoms with Gasteiger partial charge in [0.25, 0.3) is 0 Å². The van der Waals surface area contributed by atoms with Crippen molar-refractivity contribution in [2.45, 2.75) is 38.3 Å². The Morgan fingerprint density at radius 2 is 2.17 bits per heavy atom. The van der Waals surface area contributed by atoms with Gasteiger partial charge in [0.2, 0.25) is 5.91 Å². The second kappa shape index (κ2) is 5.22. The maximum absolute atomic E-state index is 12.8. The third-order valence-corrected chi connectivity index (χ3v) is 5.72. The molecule has 1 aromatic heterocycles. The molecule has 0 aromatic carbocycles. The molecular weight excluding hydrogens is 294 g/mol. The number of fused-ring (bicyclic) bond motifs is 3. The summed E-state index contributed by atoms with van der Waals surface area (Å²) < 4.78 is 1.67. The Kier molecular flexibility index (Phi) is 3.28. The van der Waals surface area contributed by atoms with Gasteiger partial charge in [0, 0.05) is 19.0 Å². The number of carbonyl (C=O) groups is 2. The lowest BCUT2D eigenvalue weighted by Gasteiger charge is -2.38. The summed E-state index contributed by atoms with van der Waals surface area (Å²) >= 11 is 0. The number of allylic oxidation sites excluding steroid dienone is 2. The number of aryl methyl sites for hydroxylation is 1. The van der Waals surface area contributed by atoms with E-state index in [-0.39, 0.29) is 5.91 Å². The largest absolute Gasteiger partial charge is 0.479 e. The van der Waals surface area contributed by atoms with Gasteiger partial charge in [-0.2, -0.15) is 5.10 Å². The summed E-state index contributed by atoms with van der Waals surface area (Å²) in [6.45, 7) is 0.346. The van der Waals surface area contributed by atoms with Crippen molar-refractivity contribution < 1.29 is 14.7 Å². The maximum Gasteiger partial charge on any atom is 0.331 e. The van der Waals surface area contributed by atoms with Gasteiger partial charge in [-0.15, -0.1) is 0 Å². The van der Waals surface area contributed by atoms with Crippen molar-refractivity contribution >= 4 is 11.9 Å². The van der Waals surface area contributed by atoms with Gasteiger partial charge in [-0.05, 0) is 37.0 Å². The molecule has 1 N–H and O–H groups in total. The first-order valence-electron chi connectivity index (χ1n) is 8.26. The van der Waals surface area contributed by atoms with E-state index in [1.807, 2.05) is 0 Å². The van der Waals surface area contributed by atoms with Gasteiger partial charge in [0.15, 0.2) is 6.04 Å². The maximum atomic E-state index is 12.8. The molecule has 3 aliphatic carbocycles. The lowest BCUT2D eigenvalue weighted by molar-refractivity contribution is -0.150. The zero-order valence-corrected chi connectivity index (χ0v) is 13.2. The molecule has 1 amide bonds. The highest BCUT2D eigenvalue weighted by molar-refractivity contribution is 5.86. The quantitative estimate of drug-likeness (QED) is 0.864. The Hall–Kier alpha value is -2.11. The number of rotatable bonds is 3. The fraction of sp³-hybridized carbons (Fsp3) is 0.588. The predicted molar refractivity (Wildman–Crippen MR) is 82.2 cm³/mol. The molecule has 1 unspecified atom stereocenters. The molecule has 122 valence electrons. The van der Waals surface area contributed by atoms with E-state index in [1.54, 1.807) is 17.9 Å². The van der Waals surface area contributed by atoms with Crippen molar-refractivity contribution in [3.8, 4) is 0 Å². The normalized spacial score (nSPS) is 31.4. The topological polar surface area (TPSA) is 75.4 Å². The van der Waals surface area contributed by atoms with Crippen LogP contribution in [0.3, 0.4) is 0 Å². The summed E-state index contributed by atoms with van der Waals surface area (Å²) in [4.78, 5) is 26.0. The van der Waals surface area contributed by atoms with Gasteiger partial charge in [-0.25, -0.2) is 4.79 Å². The van der Waals surface area contributed by atoms with Crippen LogP contribution in [0.1, 0.15) is 43.0 Å². The van der Waals surface area contributed by atoms with Gasteiger partial charge in [-0.3, -0.25) is 9.48 Å². The van der Waals surface area contributed by atoms with Crippen molar-refractivity contribution in [3.05, 3.63) is 29.6 Å². The number of aromatic nitrogens is 2. The second-order valence-corrected chi connectivity index (χ2v) is 7.02. The molecule has 4 aliphatic rings. The molecule has 6 nitrogen and oxygen atoms in total. The number of aliphatic carboxylic acids is 1. The van der Waals surface area contributed by atoms with Crippen LogP contribution in [-0.4, -0.2) is 31.7 Å². The average molecular weight is 315 g/mol. The molecule has 0 spiro atoms. The van der Waals surface area contributed by atoms with Crippen molar-refractivity contribution in [2.75, 3.05) is 0 Å². The molecule has 1 fully saturated rings.